The fourth-order valence-corrected chi connectivity index (χ4v) is 5.69. The molecule has 4 rings (SSSR count). The van der Waals surface area contributed by atoms with E-state index in [0.717, 1.165) is 29.4 Å². The topological polar surface area (TPSA) is 20.3 Å². The van der Waals surface area contributed by atoms with Crippen LogP contribution in [0.3, 0.4) is 0 Å². The largest absolute Gasteiger partial charge is 0.309 e. The maximum Gasteiger partial charge on any atom is 0.232 e. The summed E-state index contributed by atoms with van der Waals surface area (Å²) in [4.78, 5) is 14.3. The van der Waals surface area contributed by atoms with Gasteiger partial charge in [-0.1, -0.05) is 20.1 Å². The van der Waals surface area contributed by atoms with Crippen LogP contribution in [0.4, 0.5) is 0 Å². The maximum absolute atomic E-state index is 12.3. The van der Waals surface area contributed by atoms with E-state index >= 15 is 0 Å². The van der Waals surface area contributed by atoms with Gasteiger partial charge in [0.1, 0.15) is 0 Å². The van der Waals surface area contributed by atoms with Gasteiger partial charge in [-0.25, -0.2) is 0 Å². The second-order valence-corrected chi connectivity index (χ2v) is 6.89. The molecule has 4 aliphatic rings. The van der Waals surface area contributed by atoms with E-state index in [1.165, 1.54) is 19.3 Å². The number of carbonyl (C=O) groups excluding carboxylic acids is 1. The Morgan fingerprint density at radius 1 is 1.22 bits per heavy atom. The maximum atomic E-state index is 12.3. The molecule has 7 atom stereocenters. The minimum atomic E-state index is 0.329. The van der Waals surface area contributed by atoms with Gasteiger partial charge in [-0.3, -0.25) is 4.79 Å². The summed E-state index contributed by atoms with van der Waals surface area (Å²) in [5, 5.41) is 0. The minimum absolute atomic E-state index is 0.329. The average Bonchev–Trinajstić information content (AvgIpc) is 2.95. The first-order chi connectivity index (χ1) is 8.63. The number of amides is 1. The third kappa shape index (κ3) is 1.04. The first-order valence-electron chi connectivity index (χ1n) is 7.28. The Morgan fingerprint density at radius 3 is 2.56 bits per heavy atom. The summed E-state index contributed by atoms with van der Waals surface area (Å²) in [7, 11) is 0. The molecule has 0 aromatic carbocycles. The Hall–Kier alpha value is -1.05. The van der Waals surface area contributed by atoms with Crippen molar-refractivity contribution in [1.82, 2.24) is 4.90 Å². The summed E-state index contributed by atoms with van der Waals surface area (Å²) >= 11 is 0. The highest BCUT2D eigenvalue weighted by molar-refractivity contribution is 5.89. The zero-order valence-electron chi connectivity index (χ0n) is 11.0. The van der Waals surface area contributed by atoms with Gasteiger partial charge in [0, 0.05) is 5.70 Å². The molecule has 2 bridgehead atoms. The van der Waals surface area contributed by atoms with Gasteiger partial charge in [-0.05, 0) is 54.9 Å². The molecule has 0 aromatic heterocycles. The summed E-state index contributed by atoms with van der Waals surface area (Å²) in [6.07, 6.45) is 5.78. The molecule has 1 amide bonds. The van der Waals surface area contributed by atoms with Gasteiger partial charge in [0.2, 0.25) is 5.91 Å². The molecule has 3 aliphatic carbocycles. The predicted octanol–water partition coefficient (Wildman–Crippen LogP) is 2.83. The van der Waals surface area contributed by atoms with E-state index in [1.807, 2.05) is 4.90 Å². The summed E-state index contributed by atoms with van der Waals surface area (Å²) in [5.74, 6) is 4.72. The quantitative estimate of drug-likeness (QED) is 0.539. The first-order valence-corrected chi connectivity index (χ1v) is 7.28. The van der Waals surface area contributed by atoms with Crippen LogP contribution in [-0.2, 0) is 4.79 Å². The predicted molar refractivity (Wildman–Crippen MR) is 70.4 cm³/mol. The number of carbonyl (C=O) groups is 1. The smallest absolute Gasteiger partial charge is 0.232 e. The lowest BCUT2D eigenvalue weighted by Gasteiger charge is -2.52. The number of hydrogen-bond acceptors (Lipinski definition) is 1. The molecule has 0 N–H and O–H groups in total. The minimum Gasteiger partial charge on any atom is -0.309 e. The fourth-order valence-electron chi connectivity index (χ4n) is 5.69. The first kappa shape index (κ1) is 10.8. The number of hydrogen-bond donors (Lipinski definition) is 0. The molecule has 0 radical (unpaired) electrons. The number of likely N-dealkylation sites (tertiary alicyclic amines) is 1. The van der Waals surface area contributed by atoms with Crippen molar-refractivity contribution in [2.45, 2.75) is 32.2 Å². The van der Waals surface area contributed by atoms with Gasteiger partial charge in [0.15, 0.2) is 0 Å². The zero-order chi connectivity index (χ0) is 12.6. The third-order valence-electron chi connectivity index (χ3n) is 6.18. The highest BCUT2D eigenvalue weighted by atomic mass is 16.2. The van der Waals surface area contributed by atoms with E-state index in [0.29, 0.717) is 23.8 Å². The average molecular weight is 243 g/mol. The monoisotopic (exact) mass is 243 g/mol. The van der Waals surface area contributed by atoms with Gasteiger partial charge in [-0.15, -0.1) is 0 Å². The van der Waals surface area contributed by atoms with Crippen molar-refractivity contribution in [2.24, 2.45) is 35.5 Å². The van der Waals surface area contributed by atoms with Crippen molar-refractivity contribution >= 4 is 5.91 Å². The number of allylic oxidation sites excluding steroid dienone is 1. The fraction of sp³-hybridized carbons (Fsp3) is 0.688. The van der Waals surface area contributed by atoms with E-state index in [1.54, 1.807) is 6.08 Å². The van der Waals surface area contributed by atoms with Crippen LogP contribution in [0.2, 0.25) is 0 Å². The molecule has 2 nitrogen and oxygen atoms in total. The van der Waals surface area contributed by atoms with Crippen LogP contribution in [0.5, 0.6) is 0 Å². The van der Waals surface area contributed by atoms with E-state index in [9.17, 15) is 4.79 Å². The number of fused-ring (bicyclic) bond motifs is 8. The van der Waals surface area contributed by atoms with E-state index in [4.69, 9.17) is 0 Å². The van der Waals surface area contributed by atoms with Crippen molar-refractivity contribution in [2.75, 3.05) is 0 Å². The van der Waals surface area contributed by atoms with Crippen molar-refractivity contribution in [3.63, 3.8) is 0 Å². The number of rotatable bonds is 2. The lowest BCUT2D eigenvalue weighted by molar-refractivity contribution is -0.159. The summed E-state index contributed by atoms with van der Waals surface area (Å²) < 4.78 is 0. The van der Waals surface area contributed by atoms with Gasteiger partial charge >= 0.3 is 0 Å². The standard InChI is InChI=1S/C16H21NO/c1-4-9(3)17-15-13-7-12(14(15)16(17)18)10-5-8(2)6-11(10)13/h4,8,10-15H,1,3,5-7H2,2H3. The van der Waals surface area contributed by atoms with Crippen LogP contribution < -0.4 is 0 Å². The van der Waals surface area contributed by atoms with Crippen LogP contribution in [0.1, 0.15) is 26.2 Å². The van der Waals surface area contributed by atoms with Crippen LogP contribution in [0.15, 0.2) is 24.9 Å². The van der Waals surface area contributed by atoms with Gasteiger partial charge in [0.05, 0.1) is 12.0 Å². The van der Waals surface area contributed by atoms with Crippen LogP contribution in [0.25, 0.3) is 0 Å². The molecule has 1 aliphatic heterocycles. The Kier molecular flexibility index (Phi) is 1.98. The van der Waals surface area contributed by atoms with E-state index < -0.39 is 0 Å². The normalized spacial score (nSPS) is 51.9. The Labute approximate surface area is 109 Å². The SMILES string of the molecule is C=CC(=C)N1C(=O)C2C3CC(C4CC(C)CC43)C21. The number of nitrogens with zero attached hydrogens (tertiary/aromatic N) is 1. The van der Waals surface area contributed by atoms with Crippen molar-refractivity contribution < 1.29 is 4.79 Å². The molecular formula is C16H21NO. The lowest BCUT2D eigenvalue weighted by atomic mass is 9.67. The highest BCUT2D eigenvalue weighted by Crippen LogP contribution is 2.66. The van der Waals surface area contributed by atoms with Crippen molar-refractivity contribution in [1.29, 1.82) is 0 Å². The van der Waals surface area contributed by atoms with Crippen molar-refractivity contribution in [3.8, 4) is 0 Å². The van der Waals surface area contributed by atoms with Crippen LogP contribution in [-0.4, -0.2) is 16.8 Å². The summed E-state index contributed by atoms with van der Waals surface area (Å²) in [5.41, 5.74) is 0.816. The van der Waals surface area contributed by atoms with E-state index in [2.05, 4.69) is 20.1 Å². The molecule has 0 aromatic rings. The zero-order valence-corrected chi connectivity index (χ0v) is 11.0. The Morgan fingerprint density at radius 2 is 1.89 bits per heavy atom. The highest BCUT2D eigenvalue weighted by Gasteiger charge is 2.69. The van der Waals surface area contributed by atoms with Crippen molar-refractivity contribution in [3.05, 3.63) is 24.9 Å². The second kappa shape index (κ2) is 3.28. The molecule has 7 unspecified atom stereocenters. The van der Waals surface area contributed by atoms with Crippen LogP contribution in [0, 0.1) is 35.5 Å². The summed E-state index contributed by atoms with van der Waals surface area (Å²) in [6.45, 7) is 10.1. The third-order valence-corrected chi connectivity index (χ3v) is 6.18. The molecule has 96 valence electrons. The molecule has 3 saturated carbocycles. The molecular weight excluding hydrogens is 222 g/mol. The lowest BCUT2D eigenvalue weighted by Crippen LogP contribution is -2.64. The van der Waals surface area contributed by atoms with Crippen LogP contribution >= 0.6 is 0 Å². The van der Waals surface area contributed by atoms with E-state index in [-0.39, 0.29) is 0 Å². The Bertz CT molecular complexity index is 454. The molecule has 0 spiro atoms. The molecule has 18 heavy (non-hydrogen) atoms. The molecule has 1 saturated heterocycles. The molecule has 1 heterocycles. The van der Waals surface area contributed by atoms with Gasteiger partial charge < -0.3 is 4.90 Å². The summed E-state index contributed by atoms with van der Waals surface area (Å²) in [6, 6.07) is 0.472. The van der Waals surface area contributed by atoms with Gasteiger partial charge in [-0.2, -0.15) is 0 Å². The second-order valence-electron chi connectivity index (χ2n) is 6.89. The molecule has 4 fully saturated rings. The Balaban J connectivity index is 1.65. The molecule has 2 heteroatoms. The van der Waals surface area contributed by atoms with Gasteiger partial charge in [0.25, 0.3) is 0 Å². The number of β-lactam (4-membered cyclic amide) rings is 1.